The number of nitrogens with one attached hydrogen (secondary N) is 1. The zero-order chi connectivity index (χ0) is 15.5. The molecular weight excluding hydrogens is 352 g/mol. The number of halogens is 1. The van der Waals surface area contributed by atoms with Gasteiger partial charge in [-0.25, -0.2) is 13.6 Å². The number of primary sulfonamides is 1. The van der Waals surface area contributed by atoms with Gasteiger partial charge in [0.25, 0.3) is 0 Å². The average molecular weight is 369 g/mol. The molecule has 0 spiro atoms. The standard InChI is InChI=1S/C15H17BrN2O2S/c1-11(13-3-2-4-14(16)9-13)18-10-12-5-7-15(8-6-12)21(17,19)20/h2-9,11,18H,10H2,1H3,(H2,17,19,20). The van der Waals surface area contributed by atoms with Crippen LogP contribution in [0.15, 0.2) is 57.9 Å². The van der Waals surface area contributed by atoms with Crippen LogP contribution in [0.3, 0.4) is 0 Å². The van der Waals surface area contributed by atoms with Crippen molar-refractivity contribution in [2.75, 3.05) is 0 Å². The summed E-state index contributed by atoms with van der Waals surface area (Å²) in [5, 5.41) is 8.47. The number of hydrogen-bond acceptors (Lipinski definition) is 3. The number of benzene rings is 2. The monoisotopic (exact) mass is 368 g/mol. The van der Waals surface area contributed by atoms with Gasteiger partial charge in [-0.1, -0.05) is 40.2 Å². The molecule has 1 unspecified atom stereocenters. The van der Waals surface area contributed by atoms with Crippen molar-refractivity contribution in [1.82, 2.24) is 5.32 Å². The second-order valence-electron chi connectivity index (χ2n) is 4.85. The molecule has 2 rings (SSSR count). The van der Waals surface area contributed by atoms with E-state index in [0.717, 1.165) is 10.0 Å². The third-order valence-electron chi connectivity index (χ3n) is 3.21. The molecule has 112 valence electrons. The Balaban J connectivity index is 2.00. The van der Waals surface area contributed by atoms with Crippen LogP contribution in [0.4, 0.5) is 0 Å². The molecule has 2 aromatic carbocycles. The Labute approximate surface area is 133 Å². The minimum atomic E-state index is -3.62. The summed E-state index contributed by atoms with van der Waals surface area (Å²) in [5.41, 5.74) is 2.19. The lowest BCUT2D eigenvalue weighted by atomic mass is 10.1. The summed E-state index contributed by atoms with van der Waals surface area (Å²) in [6.07, 6.45) is 0. The lowest BCUT2D eigenvalue weighted by Gasteiger charge is -2.14. The van der Waals surface area contributed by atoms with Crippen molar-refractivity contribution in [3.63, 3.8) is 0 Å². The van der Waals surface area contributed by atoms with Gasteiger partial charge in [-0.15, -0.1) is 0 Å². The van der Waals surface area contributed by atoms with E-state index in [1.165, 1.54) is 17.7 Å². The van der Waals surface area contributed by atoms with E-state index in [1.54, 1.807) is 12.1 Å². The fraction of sp³-hybridized carbons (Fsp3) is 0.200. The Morgan fingerprint density at radius 1 is 1.19 bits per heavy atom. The molecule has 0 heterocycles. The van der Waals surface area contributed by atoms with Crippen LogP contribution in [0, 0.1) is 0 Å². The zero-order valence-corrected chi connectivity index (χ0v) is 14.0. The van der Waals surface area contributed by atoms with Crippen LogP contribution in [0.25, 0.3) is 0 Å². The average Bonchev–Trinajstić information content (AvgIpc) is 2.44. The number of sulfonamides is 1. The zero-order valence-electron chi connectivity index (χ0n) is 11.6. The first kappa shape index (κ1) is 16.2. The molecule has 4 nitrogen and oxygen atoms in total. The minimum Gasteiger partial charge on any atom is -0.306 e. The van der Waals surface area contributed by atoms with E-state index >= 15 is 0 Å². The van der Waals surface area contributed by atoms with Crippen molar-refractivity contribution in [3.05, 3.63) is 64.1 Å². The summed E-state index contributed by atoms with van der Waals surface area (Å²) < 4.78 is 23.4. The van der Waals surface area contributed by atoms with Gasteiger partial charge in [-0.3, -0.25) is 0 Å². The van der Waals surface area contributed by atoms with Gasteiger partial charge in [0.15, 0.2) is 0 Å². The number of hydrogen-bond donors (Lipinski definition) is 2. The maximum Gasteiger partial charge on any atom is 0.238 e. The molecule has 0 aliphatic heterocycles. The van der Waals surface area contributed by atoms with Gasteiger partial charge < -0.3 is 5.32 Å². The molecule has 0 fully saturated rings. The van der Waals surface area contributed by atoms with E-state index in [4.69, 9.17) is 5.14 Å². The Bertz CT molecular complexity index is 715. The Kier molecular flexibility index (Phi) is 5.16. The van der Waals surface area contributed by atoms with Gasteiger partial charge in [0.2, 0.25) is 10.0 Å². The second kappa shape index (κ2) is 6.70. The molecule has 0 bridgehead atoms. The topological polar surface area (TPSA) is 72.2 Å². The third-order valence-corrected chi connectivity index (χ3v) is 4.64. The highest BCUT2D eigenvalue weighted by atomic mass is 79.9. The summed E-state index contributed by atoms with van der Waals surface area (Å²) in [4.78, 5) is 0.131. The third kappa shape index (κ3) is 4.64. The summed E-state index contributed by atoms with van der Waals surface area (Å²) in [7, 11) is -3.62. The van der Waals surface area contributed by atoms with Gasteiger partial charge in [0.05, 0.1) is 4.90 Å². The van der Waals surface area contributed by atoms with E-state index in [2.05, 4.69) is 40.3 Å². The molecule has 1 atom stereocenters. The lowest BCUT2D eigenvalue weighted by molar-refractivity contribution is 0.574. The van der Waals surface area contributed by atoms with Gasteiger partial charge in [-0.2, -0.15) is 0 Å². The van der Waals surface area contributed by atoms with E-state index in [-0.39, 0.29) is 10.9 Å². The van der Waals surface area contributed by atoms with E-state index in [0.29, 0.717) is 6.54 Å². The normalized spacial score (nSPS) is 13.1. The fourth-order valence-corrected chi connectivity index (χ4v) is 2.89. The lowest BCUT2D eigenvalue weighted by Crippen LogP contribution is -2.18. The van der Waals surface area contributed by atoms with Crippen molar-refractivity contribution in [3.8, 4) is 0 Å². The number of nitrogens with two attached hydrogens (primary N) is 1. The van der Waals surface area contributed by atoms with Crippen molar-refractivity contribution < 1.29 is 8.42 Å². The predicted molar refractivity (Wildman–Crippen MR) is 87.2 cm³/mol. The maximum absolute atomic E-state index is 11.2. The van der Waals surface area contributed by atoms with Gasteiger partial charge in [0, 0.05) is 17.1 Å². The predicted octanol–water partition coefficient (Wildman–Crippen LogP) is 2.95. The van der Waals surface area contributed by atoms with Gasteiger partial charge in [0.1, 0.15) is 0 Å². The van der Waals surface area contributed by atoms with Crippen molar-refractivity contribution in [1.29, 1.82) is 0 Å². The van der Waals surface area contributed by atoms with Crippen LogP contribution in [0.5, 0.6) is 0 Å². The Morgan fingerprint density at radius 2 is 1.86 bits per heavy atom. The SMILES string of the molecule is CC(NCc1ccc(S(N)(=O)=O)cc1)c1cccc(Br)c1. The van der Waals surface area contributed by atoms with Crippen LogP contribution in [-0.2, 0) is 16.6 Å². The first-order valence-electron chi connectivity index (χ1n) is 6.47. The fourth-order valence-electron chi connectivity index (χ4n) is 1.96. The van der Waals surface area contributed by atoms with Crippen molar-refractivity contribution >= 4 is 26.0 Å². The van der Waals surface area contributed by atoms with Crippen molar-refractivity contribution in [2.45, 2.75) is 24.4 Å². The molecule has 0 saturated carbocycles. The van der Waals surface area contributed by atoms with E-state index in [1.807, 2.05) is 12.1 Å². The molecule has 6 heteroatoms. The largest absolute Gasteiger partial charge is 0.306 e. The molecule has 0 radical (unpaired) electrons. The van der Waals surface area contributed by atoms with Crippen LogP contribution in [-0.4, -0.2) is 8.42 Å². The molecule has 0 aromatic heterocycles. The number of rotatable bonds is 5. The van der Waals surface area contributed by atoms with E-state index < -0.39 is 10.0 Å². The quantitative estimate of drug-likeness (QED) is 0.851. The molecule has 2 aromatic rings. The molecule has 0 aliphatic carbocycles. The van der Waals surface area contributed by atoms with Gasteiger partial charge >= 0.3 is 0 Å². The second-order valence-corrected chi connectivity index (χ2v) is 7.32. The molecule has 21 heavy (non-hydrogen) atoms. The summed E-state index contributed by atoms with van der Waals surface area (Å²) in [6.45, 7) is 2.74. The Hall–Kier alpha value is -1.21. The highest BCUT2D eigenvalue weighted by Crippen LogP contribution is 2.18. The highest BCUT2D eigenvalue weighted by Gasteiger charge is 2.08. The summed E-state index contributed by atoms with van der Waals surface area (Å²) >= 11 is 3.46. The minimum absolute atomic E-state index is 0.131. The summed E-state index contributed by atoms with van der Waals surface area (Å²) in [5.74, 6) is 0. The van der Waals surface area contributed by atoms with Crippen LogP contribution in [0.1, 0.15) is 24.1 Å². The summed E-state index contributed by atoms with van der Waals surface area (Å²) in [6, 6.07) is 14.9. The molecule has 0 aliphatic rings. The molecule has 0 saturated heterocycles. The van der Waals surface area contributed by atoms with Crippen molar-refractivity contribution in [2.24, 2.45) is 5.14 Å². The maximum atomic E-state index is 11.2. The highest BCUT2D eigenvalue weighted by molar-refractivity contribution is 9.10. The first-order chi connectivity index (χ1) is 9.86. The van der Waals surface area contributed by atoms with Crippen LogP contribution < -0.4 is 10.5 Å². The van der Waals surface area contributed by atoms with E-state index in [9.17, 15) is 8.42 Å². The Morgan fingerprint density at radius 3 is 2.43 bits per heavy atom. The molecule has 0 amide bonds. The smallest absolute Gasteiger partial charge is 0.238 e. The van der Waals surface area contributed by atoms with Crippen LogP contribution in [0.2, 0.25) is 0 Å². The molecular formula is C15H17BrN2O2S. The molecule has 3 N–H and O–H groups in total. The van der Waals surface area contributed by atoms with Crippen LogP contribution >= 0.6 is 15.9 Å². The van der Waals surface area contributed by atoms with Gasteiger partial charge in [-0.05, 0) is 42.3 Å². The first-order valence-corrected chi connectivity index (χ1v) is 8.81.